The fourth-order valence-electron chi connectivity index (χ4n) is 3.89. The third-order valence-electron chi connectivity index (χ3n) is 5.41. The lowest BCUT2D eigenvalue weighted by Crippen LogP contribution is -2.36. The summed E-state index contributed by atoms with van der Waals surface area (Å²) in [6, 6.07) is 6.71. The van der Waals surface area contributed by atoms with Crippen LogP contribution in [0.3, 0.4) is 0 Å². The lowest BCUT2D eigenvalue weighted by Gasteiger charge is -2.32. The highest BCUT2D eigenvalue weighted by Gasteiger charge is 2.38. The van der Waals surface area contributed by atoms with Crippen LogP contribution in [0.2, 0.25) is 0 Å². The maximum absolute atomic E-state index is 13.1. The van der Waals surface area contributed by atoms with E-state index in [1.165, 1.54) is 6.07 Å². The summed E-state index contributed by atoms with van der Waals surface area (Å²) in [5.74, 6) is -0.443. The molecule has 4 aromatic rings. The van der Waals surface area contributed by atoms with Gasteiger partial charge in [-0.25, -0.2) is 9.78 Å². The molecule has 156 valence electrons. The van der Waals surface area contributed by atoms with Gasteiger partial charge in [0.05, 0.1) is 5.52 Å². The molecule has 30 heavy (non-hydrogen) atoms. The fourth-order valence-corrected chi connectivity index (χ4v) is 3.89. The Labute approximate surface area is 167 Å². The molecule has 1 aliphatic heterocycles. The zero-order chi connectivity index (χ0) is 20.9. The Kier molecular flexibility index (Phi) is 4.22. The van der Waals surface area contributed by atoms with Crippen LogP contribution in [0.15, 0.2) is 35.3 Å². The molecule has 0 aromatic carbocycles. The average Bonchev–Trinajstić information content (AvgIpc) is 3.29. The minimum Gasteiger partial charge on any atom is -0.355 e. The number of aromatic nitrogens is 7. The Morgan fingerprint density at radius 1 is 1.13 bits per heavy atom. The molecule has 0 amide bonds. The van der Waals surface area contributed by atoms with Gasteiger partial charge in [0.2, 0.25) is 0 Å². The molecular formula is C18H17F3N8O. The number of anilines is 1. The van der Waals surface area contributed by atoms with Crippen LogP contribution in [0.25, 0.3) is 16.8 Å². The third kappa shape index (κ3) is 3.17. The van der Waals surface area contributed by atoms with Crippen LogP contribution in [-0.4, -0.2) is 47.4 Å². The molecule has 0 saturated carbocycles. The van der Waals surface area contributed by atoms with Crippen molar-refractivity contribution in [1.82, 2.24) is 34.3 Å². The molecule has 0 bridgehead atoms. The number of pyridine rings is 1. The third-order valence-corrected chi connectivity index (χ3v) is 5.41. The van der Waals surface area contributed by atoms with Gasteiger partial charge in [-0.2, -0.15) is 17.7 Å². The van der Waals surface area contributed by atoms with Crippen molar-refractivity contribution in [3.63, 3.8) is 0 Å². The first-order chi connectivity index (χ1) is 14.4. The second kappa shape index (κ2) is 6.82. The fraction of sp³-hybridized carbons (Fsp3) is 0.389. The van der Waals surface area contributed by atoms with Crippen LogP contribution in [0.1, 0.15) is 18.7 Å². The Hall–Kier alpha value is -3.44. The van der Waals surface area contributed by atoms with E-state index in [4.69, 9.17) is 0 Å². The van der Waals surface area contributed by atoms with Crippen LogP contribution in [0, 0.1) is 5.92 Å². The van der Waals surface area contributed by atoms with Crippen molar-refractivity contribution >= 4 is 22.6 Å². The summed E-state index contributed by atoms with van der Waals surface area (Å²) in [5.41, 5.74) is 1.19. The summed E-state index contributed by atoms with van der Waals surface area (Å²) in [6.45, 7) is 1.79. The summed E-state index contributed by atoms with van der Waals surface area (Å²) in [4.78, 5) is 21.3. The molecule has 0 radical (unpaired) electrons. The first-order valence-electron chi connectivity index (χ1n) is 9.48. The van der Waals surface area contributed by atoms with Gasteiger partial charge in [0.15, 0.2) is 11.3 Å². The van der Waals surface area contributed by atoms with E-state index in [-0.39, 0.29) is 17.3 Å². The van der Waals surface area contributed by atoms with E-state index in [9.17, 15) is 18.0 Å². The number of aromatic amines is 1. The smallest absolute Gasteiger partial charge is 0.355 e. The van der Waals surface area contributed by atoms with E-state index < -0.39 is 12.0 Å². The van der Waals surface area contributed by atoms with E-state index in [0.717, 1.165) is 17.4 Å². The van der Waals surface area contributed by atoms with Crippen molar-refractivity contribution in [2.24, 2.45) is 5.92 Å². The van der Waals surface area contributed by atoms with Gasteiger partial charge in [-0.15, -0.1) is 15.3 Å². The zero-order valence-electron chi connectivity index (χ0n) is 15.7. The van der Waals surface area contributed by atoms with Crippen molar-refractivity contribution in [3.05, 3.63) is 46.8 Å². The summed E-state index contributed by atoms with van der Waals surface area (Å²) < 4.78 is 41.6. The zero-order valence-corrected chi connectivity index (χ0v) is 15.7. The summed E-state index contributed by atoms with van der Waals surface area (Å²) in [5, 5.41) is 10.8. The van der Waals surface area contributed by atoms with Gasteiger partial charge in [-0.1, -0.05) is 0 Å². The molecule has 1 aliphatic rings. The number of nitrogens with zero attached hydrogens (tertiary/aromatic N) is 7. The first kappa shape index (κ1) is 18.6. The number of hydrogen-bond acceptors (Lipinski definition) is 6. The van der Waals surface area contributed by atoms with Gasteiger partial charge in [0, 0.05) is 25.8 Å². The van der Waals surface area contributed by atoms with Crippen LogP contribution in [0.5, 0.6) is 0 Å². The van der Waals surface area contributed by atoms with Gasteiger partial charge in [0.25, 0.3) is 5.82 Å². The highest BCUT2D eigenvalue weighted by atomic mass is 19.4. The number of fused-ring (bicyclic) bond motifs is 2. The Morgan fingerprint density at radius 2 is 1.93 bits per heavy atom. The number of imidazole rings is 1. The van der Waals surface area contributed by atoms with E-state index in [2.05, 4.69) is 25.3 Å². The van der Waals surface area contributed by atoms with Gasteiger partial charge in [0.1, 0.15) is 5.82 Å². The van der Waals surface area contributed by atoms with Crippen molar-refractivity contribution in [2.75, 3.05) is 18.0 Å². The van der Waals surface area contributed by atoms with Gasteiger partial charge in [-0.05, 0) is 43.0 Å². The maximum Gasteiger partial charge on any atom is 0.453 e. The van der Waals surface area contributed by atoms with Crippen LogP contribution < -0.4 is 10.6 Å². The molecule has 1 saturated heterocycles. The second-order valence-corrected chi connectivity index (χ2v) is 7.33. The summed E-state index contributed by atoms with van der Waals surface area (Å²) in [7, 11) is 0. The van der Waals surface area contributed by atoms with E-state index in [1.807, 2.05) is 11.0 Å². The lowest BCUT2D eigenvalue weighted by atomic mass is 9.96. The quantitative estimate of drug-likeness (QED) is 0.547. The van der Waals surface area contributed by atoms with E-state index >= 15 is 0 Å². The second-order valence-electron chi connectivity index (χ2n) is 7.33. The highest BCUT2D eigenvalue weighted by molar-refractivity contribution is 5.69. The van der Waals surface area contributed by atoms with Crippen molar-refractivity contribution in [1.29, 1.82) is 0 Å². The number of H-pyrrole nitrogens is 1. The molecule has 9 nitrogen and oxygen atoms in total. The normalized spacial score (nSPS) is 16.0. The predicted molar refractivity (Wildman–Crippen MR) is 101 cm³/mol. The highest BCUT2D eigenvalue weighted by Crippen LogP contribution is 2.29. The minimum atomic E-state index is -4.63. The largest absolute Gasteiger partial charge is 0.453 e. The summed E-state index contributed by atoms with van der Waals surface area (Å²) >= 11 is 0. The maximum atomic E-state index is 13.1. The van der Waals surface area contributed by atoms with Crippen LogP contribution >= 0.6 is 0 Å². The van der Waals surface area contributed by atoms with Crippen LogP contribution in [-0.2, 0) is 12.7 Å². The molecule has 0 atom stereocenters. The minimum absolute atomic E-state index is 0.0483. The van der Waals surface area contributed by atoms with Crippen molar-refractivity contribution in [3.8, 4) is 0 Å². The molecule has 12 heteroatoms. The number of rotatable bonds is 3. The van der Waals surface area contributed by atoms with Crippen LogP contribution in [0.4, 0.5) is 19.0 Å². The molecule has 0 unspecified atom stereocenters. The lowest BCUT2D eigenvalue weighted by molar-refractivity contribution is -0.146. The van der Waals surface area contributed by atoms with Gasteiger partial charge >= 0.3 is 11.9 Å². The molecule has 1 fully saturated rings. The van der Waals surface area contributed by atoms with Crippen molar-refractivity contribution in [2.45, 2.75) is 25.6 Å². The standard InChI is InChI=1S/C18H17F3N8O/c19-18(20,21)16-25-24-13-3-4-14(26-29(13)16)27-8-5-11(6-9-27)10-28-15-12(23-17(28)30)2-1-7-22-15/h1-4,7,11H,5-6,8-10H2,(H,23,30). The predicted octanol–water partition coefficient (Wildman–Crippen LogP) is 2.10. The molecule has 0 spiro atoms. The SMILES string of the molecule is O=c1[nH]c2cccnc2n1CC1CCN(c2ccc3nnc(C(F)(F)F)n3n2)CC1. The molecular weight excluding hydrogens is 401 g/mol. The molecule has 0 aliphatic carbocycles. The first-order valence-corrected chi connectivity index (χ1v) is 9.48. The topological polar surface area (TPSA) is 97.0 Å². The number of hydrogen-bond donors (Lipinski definition) is 1. The number of halogens is 3. The molecule has 1 N–H and O–H groups in total. The molecule has 5 rings (SSSR count). The Bertz CT molecular complexity index is 1270. The Morgan fingerprint density at radius 3 is 2.70 bits per heavy atom. The van der Waals surface area contributed by atoms with Crippen molar-refractivity contribution < 1.29 is 13.2 Å². The number of alkyl halides is 3. The summed E-state index contributed by atoms with van der Waals surface area (Å²) in [6.07, 6.45) is -1.42. The Balaban J connectivity index is 1.32. The number of piperidine rings is 1. The monoisotopic (exact) mass is 418 g/mol. The van der Waals surface area contributed by atoms with Gasteiger partial charge in [-0.3, -0.25) is 4.57 Å². The van der Waals surface area contributed by atoms with Gasteiger partial charge < -0.3 is 9.88 Å². The van der Waals surface area contributed by atoms with E-state index in [1.54, 1.807) is 22.9 Å². The number of nitrogens with one attached hydrogen (secondary N) is 1. The molecule has 5 heterocycles. The molecule has 4 aromatic heterocycles. The van der Waals surface area contributed by atoms with E-state index in [0.29, 0.717) is 36.6 Å². The average molecular weight is 418 g/mol.